The van der Waals surface area contributed by atoms with Crippen molar-refractivity contribution in [3.63, 3.8) is 0 Å². The zero-order valence-electron chi connectivity index (χ0n) is 15.3. The third-order valence-corrected chi connectivity index (χ3v) is 5.76. The summed E-state index contributed by atoms with van der Waals surface area (Å²) < 4.78 is 18.9. The number of rotatable bonds is 5. The van der Waals surface area contributed by atoms with Gasteiger partial charge in [0.15, 0.2) is 17.7 Å². The van der Waals surface area contributed by atoms with Crippen LogP contribution in [0.2, 0.25) is 0 Å². The molecular weight excluding hydrogens is 354 g/mol. The maximum atomic E-state index is 10.7. The molecule has 2 aromatic heterocycles. The Morgan fingerprint density at radius 1 is 1.22 bits per heavy atom. The molecule has 10 heteroatoms. The van der Waals surface area contributed by atoms with Crippen molar-refractivity contribution < 1.29 is 24.4 Å². The second kappa shape index (κ2) is 7.28. The van der Waals surface area contributed by atoms with Crippen molar-refractivity contribution in [3.05, 3.63) is 12.7 Å². The van der Waals surface area contributed by atoms with Crippen molar-refractivity contribution >= 4 is 17.0 Å². The Kier molecular flexibility index (Phi) is 4.99. The molecule has 0 aromatic carbocycles. The third kappa shape index (κ3) is 2.97. The molecule has 3 heterocycles. The minimum atomic E-state index is -1.16. The normalized spacial score (nSPS) is 35.1. The maximum Gasteiger partial charge on any atom is 0.167 e. The number of nitrogens with zero attached hydrogens (tertiary/aromatic N) is 4. The van der Waals surface area contributed by atoms with Crippen molar-refractivity contribution in [2.24, 2.45) is 5.92 Å². The first-order chi connectivity index (χ1) is 13.1. The lowest BCUT2D eigenvalue weighted by atomic mass is 9.91. The van der Waals surface area contributed by atoms with Gasteiger partial charge in [0.25, 0.3) is 0 Å². The van der Waals surface area contributed by atoms with Crippen molar-refractivity contribution in [3.8, 4) is 0 Å². The van der Waals surface area contributed by atoms with E-state index in [9.17, 15) is 10.2 Å². The van der Waals surface area contributed by atoms with Gasteiger partial charge in [0.05, 0.1) is 18.5 Å². The van der Waals surface area contributed by atoms with Crippen LogP contribution in [0.3, 0.4) is 0 Å². The summed E-state index contributed by atoms with van der Waals surface area (Å²) in [4.78, 5) is 12.3. The summed E-state index contributed by atoms with van der Waals surface area (Å²) in [6.07, 6.45) is 1.50. The van der Waals surface area contributed by atoms with E-state index in [1.807, 2.05) is 0 Å². The Labute approximate surface area is 156 Å². The number of methoxy groups -OCH3 is 2. The highest BCUT2D eigenvalue weighted by molar-refractivity contribution is 5.81. The highest BCUT2D eigenvalue weighted by Gasteiger charge is 2.51. The van der Waals surface area contributed by atoms with Gasteiger partial charge in [-0.25, -0.2) is 15.0 Å². The first kappa shape index (κ1) is 18.5. The summed E-state index contributed by atoms with van der Waals surface area (Å²) in [5.41, 5.74) is 6.68. The molecule has 1 saturated carbocycles. The number of aliphatic hydroxyl groups excluding tert-OH is 2. The minimum Gasteiger partial charge on any atom is -0.387 e. The maximum absolute atomic E-state index is 10.7. The zero-order valence-corrected chi connectivity index (χ0v) is 15.3. The molecule has 4 N–H and O–H groups in total. The quantitative estimate of drug-likeness (QED) is 0.648. The van der Waals surface area contributed by atoms with Crippen LogP contribution in [0, 0.1) is 5.92 Å². The van der Waals surface area contributed by atoms with Crippen LogP contribution in [-0.2, 0) is 14.2 Å². The highest BCUT2D eigenvalue weighted by atomic mass is 16.6. The number of aliphatic hydroxyl groups is 2. The fraction of sp³-hybridized carbons (Fsp3) is 0.706. The molecule has 1 saturated heterocycles. The van der Waals surface area contributed by atoms with Crippen LogP contribution in [0.5, 0.6) is 0 Å². The van der Waals surface area contributed by atoms with E-state index < -0.39 is 30.6 Å². The molecule has 7 atom stereocenters. The Hall–Kier alpha value is -1.85. The van der Waals surface area contributed by atoms with E-state index in [4.69, 9.17) is 19.9 Å². The first-order valence-corrected chi connectivity index (χ1v) is 9.07. The molecule has 27 heavy (non-hydrogen) atoms. The van der Waals surface area contributed by atoms with E-state index in [0.717, 1.165) is 19.3 Å². The number of hydrogen-bond donors (Lipinski definition) is 3. The largest absolute Gasteiger partial charge is 0.387 e. The highest BCUT2D eigenvalue weighted by Crippen LogP contribution is 2.40. The van der Waals surface area contributed by atoms with Crippen LogP contribution in [0.25, 0.3) is 11.2 Å². The predicted molar refractivity (Wildman–Crippen MR) is 94.6 cm³/mol. The van der Waals surface area contributed by atoms with Gasteiger partial charge in [-0.15, -0.1) is 0 Å². The molecule has 0 amide bonds. The van der Waals surface area contributed by atoms with Gasteiger partial charge >= 0.3 is 0 Å². The van der Waals surface area contributed by atoms with Gasteiger partial charge < -0.3 is 30.2 Å². The number of nitrogen functional groups attached to an aromatic ring is 1. The number of ether oxygens (including phenoxy) is 3. The molecule has 10 nitrogen and oxygen atoms in total. The summed E-state index contributed by atoms with van der Waals surface area (Å²) in [5, 5.41) is 21.3. The van der Waals surface area contributed by atoms with Crippen molar-refractivity contribution in [2.75, 3.05) is 20.0 Å². The van der Waals surface area contributed by atoms with Gasteiger partial charge in [0, 0.05) is 20.1 Å². The SMILES string of the molecule is CO[C@H]1CCCC1[C@H](OC)[C@H]1O[C@@H](n2cnc3c(N)ncnc32)[C@H](O)[C@@H]1O. The summed E-state index contributed by atoms with van der Waals surface area (Å²) in [5.74, 6) is 0.329. The molecule has 4 rings (SSSR count). The fourth-order valence-electron chi connectivity index (χ4n) is 4.42. The average molecular weight is 379 g/mol. The molecule has 148 valence electrons. The molecule has 2 aromatic rings. The Balaban J connectivity index is 1.63. The van der Waals surface area contributed by atoms with Crippen LogP contribution in [-0.4, -0.2) is 74.5 Å². The molecule has 1 unspecified atom stereocenters. The van der Waals surface area contributed by atoms with Gasteiger partial charge in [-0.1, -0.05) is 6.42 Å². The van der Waals surface area contributed by atoms with Gasteiger partial charge in [0.1, 0.15) is 30.2 Å². The number of hydrogen-bond acceptors (Lipinski definition) is 9. The second-order valence-electron chi connectivity index (χ2n) is 7.12. The van der Waals surface area contributed by atoms with Gasteiger partial charge in [0.2, 0.25) is 0 Å². The summed E-state index contributed by atoms with van der Waals surface area (Å²) in [6, 6.07) is 0. The van der Waals surface area contributed by atoms with Crippen molar-refractivity contribution in [1.29, 1.82) is 0 Å². The summed E-state index contributed by atoms with van der Waals surface area (Å²) in [6.45, 7) is 0. The predicted octanol–water partition coefficient (Wildman–Crippen LogP) is -0.142. The number of aromatic nitrogens is 4. The van der Waals surface area contributed by atoms with Crippen LogP contribution in [0.15, 0.2) is 12.7 Å². The summed E-state index contributed by atoms with van der Waals surface area (Å²) in [7, 11) is 3.27. The van der Waals surface area contributed by atoms with E-state index in [-0.39, 0.29) is 17.8 Å². The number of fused-ring (bicyclic) bond motifs is 1. The van der Waals surface area contributed by atoms with Gasteiger partial charge in [-0.05, 0) is 12.8 Å². The fourth-order valence-corrected chi connectivity index (χ4v) is 4.42. The molecular formula is C17H25N5O5. The van der Waals surface area contributed by atoms with Crippen LogP contribution >= 0.6 is 0 Å². The van der Waals surface area contributed by atoms with E-state index in [2.05, 4.69) is 15.0 Å². The summed E-state index contributed by atoms with van der Waals surface area (Å²) >= 11 is 0. The monoisotopic (exact) mass is 379 g/mol. The van der Waals surface area contributed by atoms with Crippen molar-refractivity contribution in [1.82, 2.24) is 19.5 Å². The Morgan fingerprint density at radius 2 is 2.04 bits per heavy atom. The standard InChI is InChI=1S/C17H25N5O5/c1-25-9-5-3-4-8(9)13(26-2)14-11(23)12(24)17(27-14)22-7-21-10-15(18)19-6-20-16(10)22/h6-9,11-14,17,23-24H,3-5H2,1-2H3,(H2,18,19,20)/t8?,9-,11-,12+,13-,14-,17+/m0/s1. The number of anilines is 1. The van der Waals surface area contributed by atoms with E-state index in [1.54, 1.807) is 18.8 Å². The lowest BCUT2D eigenvalue weighted by Crippen LogP contribution is -2.45. The van der Waals surface area contributed by atoms with Gasteiger partial charge in [-0.2, -0.15) is 0 Å². The van der Waals surface area contributed by atoms with Crippen LogP contribution < -0.4 is 5.73 Å². The van der Waals surface area contributed by atoms with E-state index in [0.29, 0.717) is 11.2 Å². The van der Waals surface area contributed by atoms with Crippen LogP contribution in [0.4, 0.5) is 5.82 Å². The van der Waals surface area contributed by atoms with Crippen molar-refractivity contribution in [2.45, 2.75) is 56.0 Å². The molecule has 1 aliphatic carbocycles. The molecule has 0 spiro atoms. The average Bonchev–Trinajstić information content (AvgIpc) is 3.37. The van der Waals surface area contributed by atoms with E-state index >= 15 is 0 Å². The lowest BCUT2D eigenvalue weighted by molar-refractivity contribution is -0.129. The smallest absolute Gasteiger partial charge is 0.167 e. The number of nitrogens with two attached hydrogens (primary N) is 1. The van der Waals surface area contributed by atoms with Gasteiger partial charge in [-0.3, -0.25) is 4.57 Å². The lowest BCUT2D eigenvalue weighted by Gasteiger charge is -2.32. The number of imidazole rings is 1. The molecule has 1 aliphatic heterocycles. The Morgan fingerprint density at radius 3 is 2.78 bits per heavy atom. The third-order valence-electron chi connectivity index (χ3n) is 5.76. The van der Waals surface area contributed by atoms with Crippen LogP contribution in [0.1, 0.15) is 25.5 Å². The van der Waals surface area contributed by atoms with E-state index in [1.165, 1.54) is 12.7 Å². The molecule has 0 bridgehead atoms. The Bertz CT molecular complexity index is 801. The molecule has 2 fully saturated rings. The first-order valence-electron chi connectivity index (χ1n) is 9.07. The molecule has 0 radical (unpaired) electrons. The zero-order chi connectivity index (χ0) is 19.1. The second-order valence-corrected chi connectivity index (χ2v) is 7.12. The molecule has 2 aliphatic rings. The topological polar surface area (TPSA) is 138 Å². The minimum absolute atomic E-state index is 0.0450.